The molecule has 2 aliphatic rings. The number of anilines is 2. The number of nitrogens with two attached hydrogens (primary N) is 1. The van der Waals surface area contributed by atoms with Crippen LogP contribution < -0.4 is 21.9 Å². The molecule has 0 bridgehead atoms. The van der Waals surface area contributed by atoms with E-state index in [2.05, 4.69) is 4.98 Å². The predicted octanol–water partition coefficient (Wildman–Crippen LogP) is 0.162. The summed E-state index contributed by atoms with van der Waals surface area (Å²) in [5.41, 5.74) is 5.14. The summed E-state index contributed by atoms with van der Waals surface area (Å²) in [6.45, 7) is 5.57. The fraction of sp³-hybridized carbons (Fsp3) is 0.762. The molecule has 0 radical (unpaired) electrons. The summed E-state index contributed by atoms with van der Waals surface area (Å²) in [6, 6.07) is -0.153. The van der Waals surface area contributed by atoms with E-state index in [4.69, 9.17) is 5.73 Å². The SMILES string of the molecule is CCCCn1c(N)c(N(C(=O)CN2CCN(S(=O)(=O)CC)CC2)C2CCCC2)c(=O)[nH]c1=O. The van der Waals surface area contributed by atoms with E-state index >= 15 is 0 Å². The molecule has 12 heteroatoms. The molecule has 1 saturated carbocycles. The fourth-order valence-electron chi connectivity index (χ4n) is 4.64. The van der Waals surface area contributed by atoms with Crippen LogP contribution in [0.15, 0.2) is 9.59 Å². The minimum Gasteiger partial charge on any atom is -0.383 e. The second-order valence-electron chi connectivity index (χ2n) is 8.78. The van der Waals surface area contributed by atoms with Gasteiger partial charge in [-0.05, 0) is 26.2 Å². The van der Waals surface area contributed by atoms with Gasteiger partial charge in [0.25, 0.3) is 5.56 Å². The highest BCUT2D eigenvalue weighted by Crippen LogP contribution is 2.29. The second kappa shape index (κ2) is 10.8. The molecule has 33 heavy (non-hydrogen) atoms. The average Bonchev–Trinajstić information content (AvgIpc) is 3.31. The summed E-state index contributed by atoms with van der Waals surface area (Å²) in [5, 5.41) is 0. The van der Waals surface area contributed by atoms with Gasteiger partial charge in [0, 0.05) is 38.8 Å². The smallest absolute Gasteiger partial charge is 0.330 e. The highest BCUT2D eigenvalue weighted by molar-refractivity contribution is 7.89. The Morgan fingerprint density at radius 1 is 1.12 bits per heavy atom. The summed E-state index contributed by atoms with van der Waals surface area (Å²) in [5.74, 6) is -0.181. The minimum atomic E-state index is -3.26. The molecule has 0 atom stereocenters. The Morgan fingerprint density at radius 2 is 1.76 bits per heavy atom. The Balaban J connectivity index is 1.85. The second-order valence-corrected chi connectivity index (χ2v) is 11.0. The van der Waals surface area contributed by atoms with Crippen molar-refractivity contribution in [2.45, 2.75) is 65.0 Å². The zero-order chi connectivity index (χ0) is 24.2. The van der Waals surface area contributed by atoms with Gasteiger partial charge in [-0.1, -0.05) is 26.2 Å². The molecule has 1 aliphatic heterocycles. The first kappa shape index (κ1) is 25.4. The van der Waals surface area contributed by atoms with E-state index in [1.165, 1.54) is 13.8 Å². The molecule has 2 fully saturated rings. The summed E-state index contributed by atoms with van der Waals surface area (Å²) >= 11 is 0. The molecule has 186 valence electrons. The molecular formula is C21H36N6O5S. The largest absolute Gasteiger partial charge is 0.383 e. The lowest BCUT2D eigenvalue weighted by Crippen LogP contribution is -2.54. The normalized spacial score (nSPS) is 18.6. The van der Waals surface area contributed by atoms with Crippen LogP contribution in [0.5, 0.6) is 0 Å². The maximum atomic E-state index is 13.5. The van der Waals surface area contributed by atoms with Crippen molar-refractivity contribution < 1.29 is 13.2 Å². The number of amides is 1. The first-order valence-corrected chi connectivity index (χ1v) is 13.4. The molecule has 1 saturated heterocycles. The van der Waals surface area contributed by atoms with E-state index in [1.807, 2.05) is 11.8 Å². The Bertz CT molecular complexity index is 1050. The van der Waals surface area contributed by atoms with Crippen LogP contribution in [0.1, 0.15) is 52.4 Å². The number of rotatable bonds is 9. The van der Waals surface area contributed by atoms with Gasteiger partial charge < -0.3 is 10.6 Å². The van der Waals surface area contributed by atoms with Gasteiger partial charge in [0.15, 0.2) is 5.69 Å². The third kappa shape index (κ3) is 5.67. The van der Waals surface area contributed by atoms with Gasteiger partial charge >= 0.3 is 5.69 Å². The topological polar surface area (TPSA) is 142 Å². The number of nitrogen functional groups attached to an aromatic ring is 1. The number of unbranched alkanes of at least 4 members (excludes halogenated alkanes) is 1. The van der Waals surface area contributed by atoms with Crippen molar-refractivity contribution in [1.82, 2.24) is 18.8 Å². The number of aromatic nitrogens is 2. The van der Waals surface area contributed by atoms with Crippen molar-refractivity contribution in [3.05, 3.63) is 20.8 Å². The van der Waals surface area contributed by atoms with Crippen molar-refractivity contribution in [1.29, 1.82) is 0 Å². The average molecular weight is 485 g/mol. The summed E-state index contributed by atoms with van der Waals surface area (Å²) < 4.78 is 27.0. The van der Waals surface area contributed by atoms with E-state index in [1.54, 1.807) is 6.92 Å². The third-order valence-electron chi connectivity index (χ3n) is 6.60. The number of nitrogens with one attached hydrogen (secondary N) is 1. The molecule has 11 nitrogen and oxygen atoms in total. The lowest BCUT2D eigenvalue weighted by Gasteiger charge is -2.36. The molecule has 3 N–H and O–H groups in total. The van der Waals surface area contributed by atoms with Crippen LogP contribution in [0.25, 0.3) is 0 Å². The number of sulfonamides is 1. The van der Waals surface area contributed by atoms with Crippen LogP contribution in [0.4, 0.5) is 11.5 Å². The van der Waals surface area contributed by atoms with Gasteiger partial charge in [-0.25, -0.2) is 13.2 Å². The molecule has 1 aliphatic carbocycles. The number of hydrogen-bond acceptors (Lipinski definition) is 7. The maximum absolute atomic E-state index is 13.5. The van der Waals surface area contributed by atoms with Gasteiger partial charge in [0.05, 0.1) is 12.3 Å². The Labute approximate surface area is 194 Å². The van der Waals surface area contributed by atoms with Crippen LogP contribution in [-0.4, -0.2) is 77.6 Å². The number of hydrogen-bond donors (Lipinski definition) is 2. The molecule has 0 spiro atoms. The molecule has 3 rings (SSSR count). The predicted molar refractivity (Wildman–Crippen MR) is 128 cm³/mol. The Hall–Kier alpha value is -2.18. The zero-order valence-corrected chi connectivity index (χ0v) is 20.4. The van der Waals surface area contributed by atoms with Crippen LogP contribution in [0, 0.1) is 0 Å². The van der Waals surface area contributed by atoms with E-state index in [9.17, 15) is 22.8 Å². The molecule has 1 aromatic rings. The number of nitrogens with zero attached hydrogens (tertiary/aromatic N) is 4. The van der Waals surface area contributed by atoms with Crippen molar-refractivity contribution >= 4 is 27.4 Å². The minimum absolute atomic E-state index is 0.0244. The zero-order valence-electron chi connectivity index (χ0n) is 19.6. The summed E-state index contributed by atoms with van der Waals surface area (Å²) in [4.78, 5) is 44.4. The molecule has 2 heterocycles. The highest BCUT2D eigenvalue weighted by Gasteiger charge is 2.34. The van der Waals surface area contributed by atoms with Gasteiger partial charge in [0.2, 0.25) is 15.9 Å². The lowest BCUT2D eigenvalue weighted by atomic mass is 10.1. The van der Waals surface area contributed by atoms with E-state index in [0.29, 0.717) is 32.7 Å². The monoisotopic (exact) mass is 484 g/mol. The molecule has 0 unspecified atom stereocenters. The first-order chi connectivity index (χ1) is 15.7. The molecule has 1 aromatic heterocycles. The van der Waals surface area contributed by atoms with Gasteiger partial charge in [-0.15, -0.1) is 0 Å². The van der Waals surface area contributed by atoms with Crippen molar-refractivity contribution in [3.8, 4) is 0 Å². The number of H-pyrrole nitrogens is 1. The van der Waals surface area contributed by atoms with Gasteiger partial charge in [-0.3, -0.25) is 24.0 Å². The molecule has 0 aromatic carbocycles. The van der Waals surface area contributed by atoms with Gasteiger partial charge in [-0.2, -0.15) is 4.31 Å². The molecule has 1 amide bonds. The van der Waals surface area contributed by atoms with E-state index in [-0.39, 0.29) is 35.8 Å². The standard InChI is InChI=1S/C21H36N6O5S/c1-3-5-10-26-19(22)18(20(29)23-21(26)30)27(16-8-6-7-9-16)17(28)15-24-11-13-25(14-12-24)33(31,32)4-2/h16H,3-15,22H2,1-2H3,(H,23,29,30). The summed E-state index contributed by atoms with van der Waals surface area (Å²) in [6.07, 6.45) is 5.01. The lowest BCUT2D eigenvalue weighted by molar-refractivity contribution is -0.120. The van der Waals surface area contributed by atoms with Crippen LogP contribution in [0.3, 0.4) is 0 Å². The number of carbonyl (C=O) groups is 1. The van der Waals surface area contributed by atoms with Crippen molar-refractivity contribution in [3.63, 3.8) is 0 Å². The van der Waals surface area contributed by atoms with Crippen molar-refractivity contribution in [2.75, 3.05) is 49.1 Å². The van der Waals surface area contributed by atoms with E-state index in [0.717, 1.165) is 38.5 Å². The third-order valence-corrected chi connectivity index (χ3v) is 8.48. The van der Waals surface area contributed by atoms with E-state index < -0.39 is 21.3 Å². The highest BCUT2D eigenvalue weighted by atomic mass is 32.2. The maximum Gasteiger partial charge on any atom is 0.330 e. The number of carbonyl (C=O) groups excluding carboxylic acids is 1. The van der Waals surface area contributed by atoms with Crippen LogP contribution in [0.2, 0.25) is 0 Å². The fourth-order valence-corrected chi connectivity index (χ4v) is 5.72. The Morgan fingerprint density at radius 3 is 2.33 bits per heavy atom. The van der Waals surface area contributed by atoms with Crippen molar-refractivity contribution in [2.24, 2.45) is 0 Å². The van der Waals surface area contributed by atoms with Crippen LogP contribution in [-0.2, 0) is 21.4 Å². The number of piperazine rings is 1. The van der Waals surface area contributed by atoms with Crippen LogP contribution >= 0.6 is 0 Å². The quantitative estimate of drug-likeness (QED) is 0.508. The number of aromatic amines is 1. The molecular weight excluding hydrogens is 448 g/mol. The first-order valence-electron chi connectivity index (χ1n) is 11.8. The summed E-state index contributed by atoms with van der Waals surface area (Å²) in [7, 11) is -3.26. The Kier molecular flexibility index (Phi) is 8.35. The van der Waals surface area contributed by atoms with Gasteiger partial charge in [0.1, 0.15) is 5.82 Å².